The van der Waals surface area contributed by atoms with Crippen molar-refractivity contribution in [3.8, 4) is 0 Å². The summed E-state index contributed by atoms with van der Waals surface area (Å²) in [5.74, 6) is -1.41. The fraction of sp³-hybridized carbons (Fsp3) is 0.263. The number of alkyl halides is 3. The molecule has 144 valence electrons. The van der Waals surface area contributed by atoms with Crippen molar-refractivity contribution < 1.29 is 27.5 Å². The summed E-state index contributed by atoms with van der Waals surface area (Å²) in [6.07, 6.45) is -5.80. The minimum Gasteiger partial charge on any atom is -0.452 e. The lowest BCUT2D eigenvalue weighted by molar-refractivity contribution is -0.152. The van der Waals surface area contributed by atoms with E-state index in [0.29, 0.717) is 0 Å². The third-order valence-corrected chi connectivity index (χ3v) is 4.03. The highest BCUT2D eigenvalue weighted by molar-refractivity contribution is 6.33. The minimum atomic E-state index is -4.57. The quantitative estimate of drug-likeness (QED) is 0.736. The first-order valence-corrected chi connectivity index (χ1v) is 8.36. The highest BCUT2D eigenvalue weighted by Crippen LogP contribution is 2.33. The first kappa shape index (κ1) is 20.8. The normalized spacial score (nSPS) is 12.4. The fourth-order valence-electron chi connectivity index (χ4n) is 2.20. The van der Waals surface area contributed by atoms with Crippen molar-refractivity contribution in [2.24, 2.45) is 0 Å². The lowest BCUT2D eigenvalue weighted by atomic mass is 10.1. The number of hydrogen-bond acceptors (Lipinski definition) is 3. The molecule has 0 saturated carbocycles. The molecule has 8 heteroatoms. The summed E-state index contributed by atoms with van der Waals surface area (Å²) < 4.78 is 43.4. The largest absolute Gasteiger partial charge is 0.452 e. The molecule has 1 atom stereocenters. The van der Waals surface area contributed by atoms with E-state index in [2.05, 4.69) is 5.32 Å². The Balaban J connectivity index is 1.99. The van der Waals surface area contributed by atoms with Crippen LogP contribution in [0, 0.1) is 6.92 Å². The Morgan fingerprint density at radius 3 is 2.37 bits per heavy atom. The number of nitrogens with one attached hydrogen (secondary N) is 1. The summed E-state index contributed by atoms with van der Waals surface area (Å²) >= 11 is 5.83. The molecule has 1 N–H and O–H groups in total. The van der Waals surface area contributed by atoms with Gasteiger partial charge in [-0.25, -0.2) is 0 Å². The third-order valence-electron chi connectivity index (χ3n) is 3.70. The van der Waals surface area contributed by atoms with Gasteiger partial charge in [0.05, 0.1) is 22.7 Å². The van der Waals surface area contributed by atoms with E-state index in [1.54, 1.807) is 12.1 Å². The molecule has 0 unspecified atom stereocenters. The van der Waals surface area contributed by atoms with Crippen LogP contribution in [-0.2, 0) is 26.9 Å². The van der Waals surface area contributed by atoms with Gasteiger partial charge in [0, 0.05) is 0 Å². The zero-order chi connectivity index (χ0) is 20.2. The van der Waals surface area contributed by atoms with Crippen LogP contribution in [0.1, 0.15) is 23.6 Å². The van der Waals surface area contributed by atoms with Gasteiger partial charge in [-0.1, -0.05) is 41.4 Å². The number of aryl methyl sites for hydroxylation is 1. The molecule has 1 amide bonds. The second kappa shape index (κ2) is 8.43. The first-order chi connectivity index (χ1) is 12.6. The fourth-order valence-corrected chi connectivity index (χ4v) is 2.36. The number of halogens is 4. The van der Waals surface area contributed by atoms with E-state index >= 15 is 0 Å². The summed E-state index contributed by atoms with van der Waals surface area (Å²) in [6, 6.07) is 9.79. The second-order valence-electron chi connectivity index (χ2n) is 5.98. The van der Waals surface area contributed by atoms with Crippen molar-refractivity contribution in [3.05, 3.63) is 64.2 Å². The molecule has 27 heavy (non-hydrogen) atoms. The maximum absolute atomic E-state index is 12.8. The van der Waals surface area contributed by atoms with Crippen LogP contribution in [0.5, 0.6) is 0 Å². The average molecular weight is 400 g/mol. The maximum Gasteiger partial charge on any atom is 0.416 e. The lowest BCUT2D eigenvalue weighted by Crippen LogP contribution is -2.30. The Labute approximate surface area is 159 Å². The van der Waals surface area contributed by atoms with Crippen LogP contribution in [0.15, 0.2) is 42.5 Å². The average Bonchev–Trinajstić information content (AvgIpc) is 2.57. The summed E-state index contributed by atoms with van der Waals surface area (Å²) in [5.41, 5.74) is 0.598. The van der Waals surface area contributed by atoms with Gasteiger partial charge < -0.3 is 10.1 Å². The van der Waals surface area contributed by atoms with Crippen LogP contribution < -0.4 is 5.32 Å². The summed E-state index contributed by atoms with van der Waals surface area (Å²) in [4.78, 5) is 24.1. The number of carbonyl (C=O) groups excluding carboxylic acids is 2. The van der Waals surface area contributed by atoms with E-state index in [-0.39, 0.29) is 17.1 Å². The van der Waals surface area contributed by atoms with E-state index in [0.717, 1.165) is 29.3 Å². The molecule has 0 radical (unpaired) electrons. The van der Waals surface area contributed by atoms with Crippen molar-refractivity contribution in [1.82, 2.24) is 0 Å². The van der Waals surface area contributed by atoms with Gasteiger partial charge in [-0.05, 0) is 37.6 Å². The maximum atomic E-state index is 12.8. The molecule has 0 spiro atoms. The molecule has 4 nitrogen and oxygen atoms in total. The second-order valence-corrected chi connectivity index (χ2v) is 6.38. The summed E-state index contributed by atoms with van der Waals surface area (Å²) in [5, 5.41) is 2.19. The Morgan fingerprint density at radius 1 is 1.15 bits per heavy atom. The molecule has 0 aliphatic carbocycles. The van der Waals surface area contributed by atoms with Crippen LogP contribution in [0.4, 0.5) is 18.9 Å². The molecule has 2 aromatic carbocycles. The van der Waals surface area contributed by atoms with E-state index in [1.807, 2.05) is 19.1 Å². The number of carbonyl (C=O) groups is 2. The number of rotatable bonds is 5. The van der Waals surface area contributed by atoms with Crippen LogP contribution >= 0.6 is 11.6 Å². The van der Waals surface area contributed by atoms with Crippen molar-refractivity contribution >= 4 is 29.2 Å². The van der Waals surface area contributed by atoms with Crippen molar-refractivity contribution in [3.63, 3.8) is 0 Å². The Morgan fingerprint density at radius 2 is 1.78 bits per heavy atom. The number of esters is 1. The van der Waals surface area contributed by atoms with Gasteiger partial charge in [0.15, 0.2) is 6.10 Å². The van der Waals surface area contributed by atoms with E-state index in [9.17, 15) is 22.8 Å². The Kier molecular flexibility index (Phi) is 6.49. The summed E-state index contributed by atoms with van der Waals surface area (Å²) in [7, 11) is 0. The minimum absolute atomic E-state index is 0.0256. The zero-order valence-corrected chi connectivity index (χ0v) is 15.3. The van der Waals surface area contributed by atoms with Gasteiger partial charge in [-0.2, -0.15) is 13.2 Å². The van der Waals surface area contributed by atoms with Gasteiger partial charge in [0.1, 0.15) is 0 Å². The van der Waals surface area contributed by atoms with Crippen LogP contribution in [0.3, 0.4) is 0 Å². The number of ether oxygens (including phenoxy) is 1. The zero-order valence-electron chi connectivity index (χ0n) is 14.6. The highest BCUT2D eigenvalue weighted by atomic mass is 35.5. The molecule has 0 saturated heterocycles. The monoisotopic (exact) mass is 399 g/mol. The molecule has 2 aromatic rings. The van der Waals surface area contributed by atoms with Gasteiger partial charge >= 0.3 is 12.1 Å². The topological polar surface area (TPSA) is 55.4 Å². The molecule has 0 bridgehead atoms. The van der Waals surface area contributed by atoms with Crippen LogP contribution in [0.25, 0.3) is 0 Å². The van der Waals surface area contributed by atoms with Gasteiger partial charge in [0.2, 0.25) is 0 Å². The predicted octanol–water partition coefficient (Wildman–Crippen LogP) is 4.78. The molecular formula is C19H17ClF3NO3. The smallest absolute Gasteiger partial charge is 0.416 e. The molecular weight excluding hydrogens is 383 g/mol. The molecule has 0 fully saturated rings. The van der Waals surface area contributed by atoms with Crippen molar-refractivity contribution in [1.29, 1.82) is 0 Å². The van der Waals surface area contributed by atoms with E-state index in [4.69, 9.17) is 16.3 Å². The predicted molar refractivity (Wildman–Crippen MR) is 95.5 cm³/mol. The molecule has 2 rings (SSSR count). The first-order valence-electron chi connectivity index (χ1n) is 7.99. The van der Waals surface area contributed by atoms with Crippen LogP contribution in [-0.4, -0.2) is 18.0 Å². The number of anilines is 1. The number of benzene rings is 2. The summed E-state index contributed by atoms with van der Waals surface area (Å²) in [6.45, 7) is 3.23. The highest BCUT2D eigenvalue weighted by Gasteiger charge is 2.31. The molecule has 0 heterocycles. The van der Waals surface area contributed by atoms with Crippen molar-refractivity contribution in [2.75, 3.05) is 5.32 Å². The SMILES string of the molecule is Cc1ccc(CC(=O)O[C@@H](C)C(=O)Nc2cc(C(F)(F)F)ccc2Cl)cc1. The van der Waals surface area contributed by atoms with Crippen molar-refractivity contribution in [2.45, 2.75) is 32.5 Å². The molecule has 0 aliphatic rings. The van der Waals surface area contributed by atoms with Gasteiger partial charge in [-0.3, -0.25) is 9.59 Å². The standard InChI is InChI=1S/C19H17ClF3NO3/c1-11-3-5-13(6-4-11)9-17(25)27-12(2)18(26)24-16-10-14(19(21,22)23)7-8-15(16)20/h3-8,10,12H,9H2,1-2H3,(H,24,26)/t12-/m0/s1. The van der Waals surface area contributed by atoms with Gasteiger partial charge in [-0.15, -0.1) is 0 Å². The van der Waals surface area contributed by atoms with Gasteiger partial charge in [0.25, 0.3) is 5.91 Å². The Hall–Kier alpha value is -2.54. The number of hydrogen-bond donors (Lipinski definition) is 1. The van der Waals surface area contributed by atoms with E-state index < -0.39 is 29.7 Å². The van der Waals surface area contributed by atoms with E-state index in [1.165, 1.54) is 6.92 Å². The lowest BCUT2D eigenvalue weighted by Gasteiger charge is -2.15. The molecule has 0 aliphatic heterocycles. The third kappa shape index (κ3) is 5.99. The van der Waals surface area contributed by atoms with Crippen LogP contribution in [0.2, 0.25) is 5.02 Å². The molecule has 0 aromatic heterocycles. The Bertz CT molecular complexity index is 835. The number of amides is 1.